The predicted molar refractivity (Wildman–Crippen MR) is 97.1 cm³/mol. The van der Waals surface area contributed by atoms with Crippen molar-refractivity contribution in [3.8, 4) is 0 Å². The highest BCUT2D eigenvalue weighted by Crippen LogP contribution is 2.25. The van der Waals surface area contributed by atoms with Gasteiger partial charge in [0.25, 0.3) is 0 Å². The lowest BCUT2D eigenvalue weighted by Crippen LogP contribution is -2.40. The maximum atomic E-state index is 12.4. The molecular weight excluding hydrogens is 346 g/mol. The summed E-state index contributed by atoms with van der Waals surface area (Å²) in [7, 11) is 1.65. The van der Waals surface area contributed by atoms with Gasteiger partial charge in [0.1, 0.15) is 11.1 Å². The van der Waals surface area contributed by atoms with Crippen molar-refractivity contribution < 1.29 is 18.7 Å². The van der Waals surface area contributed by atoms with Gasteiger partial charge in [0.2, 0.25) is 5.78 Å². The molecule has 0 aromatic carbocycles. The lowest BCUT2D eigenvalue weighted by atomic mass is 9.93. The third-order valence-electron chi connectivity index (χ3n) is 4.81. The van der Waals surface area contributed by atoms with E-state index in [-0.39, 0.29) is 18.0 Å². The van der Waals surface area contributed by atoms with Gasteiger partial charge in [0.15, 0.2) is 11.7 Å². The Morgan fingerprint density at radius 1 is 1.19 bits per heavy atom. The Hall–Kier alpha value is -2.80. The van der Waals surface area contributed by atoms with E-state index in [0.29, 0.717) is 18.2 Å². The molecule has 0 unspecified atom stereocenters. The van der Waals surface area contributed by atoms with Gasteiger partial charge in [-0.3, -0.25) is 9.78 Å². The molecule has 7 nitrogen and oxygen atoms in total. The van der Waals surface area contributed by atoms with E-state index < -0.39 is 0 Å². The molecule has 0 N–H and O–H groups in total. The Morgan fingerprint density at radius 3 is 2.78 bits per heavy atom. The van der Waals surface area contributed by atoms with E-state index in [9.17, 15) is 4.79 Å². The standard InChI is InChI=1S/C20H21N3O4/c1-12-21-11-18(27-12)16(24)9-14-10-22-19-15(13-5-7-26-8-6-13)3-4-17(25-2)20(19)23-14/h5,10-11H,3-4,6-9H2,1-2H3. The summed E-state index contributed by atoms with van der Waals surface area (Å²) in [4.78, 5) is 25.7. The second-order valence-corrected chi connectivity index (χ2v) is 6.56. The van der Waals surface area contributed by atoms with Crippen LogP contribution in [0.5, 0.6) is 0 Å². The molecule has 1 aliphatic heterocycles. The molecule has 0 radical (unpaired) electrons. The first-order valence-corrected chi connectivity index (χ1v) is 9.00. The SMILES string of the molecule is COC1=c2nc(CC(=O)c3cnc(C)o3)cnc2=C(C2=CCOCC2)CC1. The van der Waals surface area contributed by atoms with E-state index >= 15 is 0 Å². The quantitative estimate of drug-likeness (QED) is 0.735. The largest absolute Gasteiger partial charge is 0.499 e. The maximum Gasteiger partial charge on any atom is 0.205 e. The summed E-state index contributed by atoms with van der Waals surface area (Å²) in [5.41, 5.74) is 3.06. The molecule has 140 valence electrons. The van der Waals surface area contributed by atoms with Gasteiger partial charge in [-0.05, 0) is 24.0 Å². The molecular formula is C20H21N3O4. The second kappa shape index (κ2) is 7.44. The third-order valence-corrected chi connectivity index (χ3v) is 4.81. The van der Waals surface area contributed by atoms with Gasteiger partial charge in [0.05, 0.1) is 44.0 Å². The van der Waals surface area contributed by atoms with Gasteiger partial charge in [0, 0.05) is 19.5 Å². The molecule has 0 bridgehead atoms. The number of rotatable bonds is 5. The minimum atomic E-state index is -0.170. The molecule has 2 aliphatic rings. The summed E-state index contributed by atoms with van der Waals surface area (Å²) in [6.07, 6.45) is 7.85. The van der Waals surface area contributed by atoms with Crippen LogP contribution in [0.25, 0.3) is 11.3 Å². The molecule has 27 heavy (non-hydrogen) atoms. The van der Waals surface area contributed by atoms with Crippen LogP contribution in [0, 0.1) is 6.92 Å². The van der Waals surface area contributed by atoms with E-state index in [1.807, 2.05) is 0 Å². The van der Waals surface area contributed by atoms with Crippen molar-refractivity contribution in [2.75, 3.05) is 20.3 Å². The lowest BCUT2D eigenvalue weighted by Gasteiger charge is -2.20. The molecule has 7 heteroatoms. The van der Waals surface area contributed by atoms with E-state index in [1.165, 1.54) is 17.3 Å². The highest BCUT2D eigenvalue weighted by Gasteiger charge is 2.20. The summed E-state index contributed by atoms with van der Waals surface area (Å²) in [5.74, 6) is 1.34. The number of ketones is 1. The Kier molecular flexibility index (Phi) is 4.85. The summed E-state index contributed by atoms with van der Waals surface area (Å²) < 4.78 is 16.3. The van der Waals surface area contributed by atoms with Gasteiger partial charge >= 0.3 is 0 Å². The highest BCUT2D eigenvalue weighted by molar-refractivity contribution is 5.94. The van der Waals surface area contributed by atoms with Crippen LogP contribution in [0.3, 0.4) is 0 Å². The number of methoxy groups -OCH3 is 1. The number of aryl methyl sites for hydroxylation is 1. The van der Waals surface area contributed by atoms with Crippen molar-refractivity contribution in [1.82, 2.24) is 15.0 Å². The number of aromatic nitrogens is 3. The second-order valence-electron chi connectivity index (χ2n) is 6.56. The molecule has 0 atom stereocenters. The Balaban J connectivity index is 1.74. The van der Waals surface area contributed by atoms with Crippen molar-refractivity contribution >= 4 is 17.1 Å². The van der Waals surface area contributed by atoms with Crippen LogP contribution in [0.4, 0.5) is 0 Å². The molecule has 3 heterocycles. The zero-order valence-corrected chi connectivity index (χ0v) is 15.4. The average Bonchev–Trinajstić information content (AvgIpc) is 3.14. The van der Waals surface area contributed by atoms with Gasteiger partial charge in [-0.15, -0.1) is 0 Å². The van der Waals surface area contributed by atoms with Gasteiger partial charge in [-0.25, -0.2) is 9.97 Å². The first-order valence-electron chi connectivity index (χ1n) is 9.00. The van der Waals surface area contributed by atoms with E-state index in [2.05, 4.69) is 16.0 Å². The van der Waals surface area contributed by atoms with E-state index in [1.54, 1.807) is 20.2 Å². The van der Waals surface area contributed by atoms with Gasteiger partial charge < -0.3 is 13.9 Å². The summed E-state index contributed by atoms with van der Waals surface area (Å²) >= 11 is 0. The maximum absolute atomic E-state index is 12.4. The summed E-state index contributed by atoms with van der Waals surface area (Å²) in [5, 5.41) is 1.57. The highest BCUT2D eigenvalue weighted by atomic mass is 16.5. The number of ether oxygens (including phenoxy) is 2. The van der Waals surface area contributed by atoms with Crippen LogP contribution < -0.4 is 10.7 Å². The first-order chi connectivity index (χ1) is 13.2. The van der Waals surface area contributed by atoms with E-state index in [4.69, 9.17) is 18.9 Å². The third kappa shape index (κ3) is 3.55. The van der Waals surface area contributed by atoms with Crippen LogP contribution in [0.2, 0.25) is 0 Å². The molecule has 4 rings (SSSR count). The number of nitrogens with zero attached hydrogens (tertiary/aromatic N) is 3. The Bertz CT molecular complexity index is 1040. The van der Waals surface area contributed by atoms with E-state index in [0.717, 1.165) is 42.3 Å². The fourth-order valence-electron chi connectivity index (χ4n) is 3.46. The monoisotopic (exact) mass is 367 g/mol. The molecule has 2 aromatic rings. The van der Waals surface area contributed by atoms with Crippen molar-refractivity contribution in [3.05, 3.63) is 52.1 Å². The predicted octanol–water partition coefficient (Wildman–Crippen LogP) is 1.24. The lowest BCUT2D eigenvalue weighted by molar-refractivity contribution is 0.0964. The number of carbonyl (C=O) groups is 1. The Labute approximate surface area is 156 Å². The fourth-order valence-corrected chi connectivity index (χ4v) is 3.46. The summed E-state index contributed by atoms with van der Waals surface area (Å²) in [6, 6.07) is 0. The minimum Gasteiger partial charge on any atom is -0.499 e. The van der Waals surface area contributed by atoms with Gasteiger partial charge in [-0.2, -0.15) is 0 Å². The smallest absolute Gasteiger partial charge is 0.205 e. The molecule has 2 aromatic heterocycles. The molecule has 0 fully saturated rings. The number of Topliss-reactive ketones (excluding diaryl/α,β-unsaturated/α-hetero) is 1. The van der Waals surface area contributed by atoms with Crippen LogP contribution >= 0.6 is 0 Å². The number of hydrogen-bond acceptors (Lipinski definition) is 7. The minimum absolute atomic E-state index is 0.109. The van der Waals surface area contributed by atoms with Crippen LogP contribution in [-0.4, -0.2) is 41.1 Å². The first kappa shape index (κ1) is 17.6. The fraction of sp³-hybridized carbons (Fsp3) is 0.400. The van der Waals surface area contributed by atoms with Crippen molar-refractivity contribution in [3.63, 3.8) is 0 Å². The summed E-state index contributed by atoms with van der Waals surface area (Å²) in [6.45, 7) is 3.06. The number of hydrogen-bond donors (Lipinski definition) is 0. The molecule has 0 saturated heterocycles. The topological polar surface area (TPSA) is 87.3 Å². The molecule has 0 spiro atoms. The molecule has 1 aliphatic carbocycles. The van der Waals surface area contributed by atoms with Crippen LogP contribution in [0.15, 0.2) is 28.5 Å². The van der Waals surface area contributed by atoms with Crippen molar-refractivity contribution in [2.45, 2.75) is 32.6 Å². The number of carbonyl (C=O) groups excluding carboxylic acids is 1. The Morgan fingerprint density at radius 2 is 2.07 bits per heavy atom. The zero-order chi connectivity index (χ0) is 18.8. The van der Waals surface area contributed by atoms with Crippen LogP contribution in [-0.2, 0) is 15.9 Å². The molecule has 0 saturated carbocycles. The average molecular weight is 367 g/mol. The van der Waals surface area contributed by atoms with Gasteiger partial charge in [-0.1, -0.05) is 6.08 Å². The molecule has 0 amide bonds. The number of oxazole rings is 1. The van der Waals surface area contributed by atoms with Crippen molar-refractivity contribution in [2.24, 2.45) is 0 Å². The normalized spacial score (nSPS) is 16.7. The van der Waals surface area contributed by atoms with Crippen molar-refractivity contribution in [1.29, 1.82) is 0 Å². The number of fused-ring (bicyclic) bond motifs is 1. The zero-order valence-electron chi connectivity index (χ0n) is 15.4. The van der Waals surface area contributed by atoms with Crippen LogP contribution in [0.1, 0.15) is 41.4 Å².